The van der Waals surface area contributed by atoms with Crippen molar-refractivity contribution in [3.05, 3.63) is 0 Å². The summed E-state index contributed by atoms with van der Waals surface area (Å²) in [5.74, 6) is 3.95. The maximum Gasteiger partial charge on any atom is 0.698 e. The molecule has 0 radical (unpaired) electrons. The Kier molecular flexibility index (Phi) is 41.3. The molecule has 0 aromatic heterocycles. The Labute approximate surface area is 322 Å². The van der Waals surface area contributed by atoms with Crippen molar-refractivity contribution in [1.29, 1.82) is 0 Å². The van der Waals surface area contributed by atoms with E-state index in [1.54, 1.807) is 14.2 Å². The molecule has 50 heavy (non-hydrogen) atoms. The Hall–Kier alpha value is 0.640. The van der Waals surface area contributed by atoms with Gasteiger partial charge in [-0.2, -0.15) is 23.5 Å². The van der Waals surface area contributed by atoms with Gasteiger partial charge in [0.1, 0.15) is 12.2 Å². The quantitative estimate of drug-likeness (QED) is 0.0453. The van der Waals surface area contributed by atoms with Crippen LogP contribution in [0, 0.1) is 0 Å². The lowest BCUT2D eigenvalue weighted by atomic mass is 10.0. The number of hydrogen-bond donors (Lipinski definition) is 0. The summed E-state index contributed by atoms with van der Waals surface area (Å²) in [4.78, 5) is 0. The van der Waals surface area contributed by atoms with Crippen LogP contribution in [0.3, 0.4) is 0 Å². The molecular weight excluding hydrogens is 680 g/mol. The highest BCUT2D eigenvalue weighted by atomic mass is 32.2. The molecule has 0 fully saturated rings. The van der Waals surface area contributed by atoms with Crippen molar-refractivity contribution in [3.63, 3.8) is 0 Å². The molecule has 0 spiro atoms. The van der Waals surface area contributed by atoms with Gasteiger partial charge in [0.05, 0.1) is 12.2 Å². The molecule has 0 aliphatic carbocycles. The van der Waals surface area contributed by atoms with Gasteiger partial charge in [0.25, 0.3) is 0 Å². The van der Waals surface area contributed by atoms with Crippen LogP contribution in [0.1, 0.15) is 207 Å². The summed E-state index contributed by atoms with van der Waals surface area (Å²) in [7, 11) is 1.18. The van der Waals surface area contributed by atoms with Crippen molar-refractivity contribution in [2.45, 2.75) is 232 Å². The van der Waals surface area contributed by atoms with Crippen molar-refractivity contribution in [2.24, 2.45) is 0 Å². The zero-order chi connectivity index (χ0) is 36.8. The molecule has 0 amide bonds. The molecule has 0 aromatic carbocycles. The highest BCUT2D eigenvalue weighted by Gasteiger charge is 2.35. The van der Waals surface area contributed by atoms with Crippen LogP contribution >= 0.6 is 31.8 Å². The molecule has 0 aromatic rings. The summed E-state index contributed by atoms with van der Waals surface area (Å²) < 4.78 is 35.7. The lowest BCUT2D eigenvalue weighted by molar-refractivity contribution is -0.00206. The van der Waals surface area contributed by atoms with Crippen molar-refractivity contribution >= 4 is 31.8 Å². The number of methoxy groups -OCH3 is 2. The van der Waals surface area contributed by atoms with Crippen LogP contribution in [0.15, 0.2) is 0 Å². The molecule has 4 atom stereocenters. The van der Waals surface area contributed by atoms with Crippen molar-refractivity contribution in [1.82, 2.24) is 0 Å². The first-order valence-corrected chi connectivity index (χ1v) is 24.9. The fourth-order valence-corrected chi connectivity index (χ4v) is 9.71. The number of unbranched alkanes of at least 4 members (excludes halogenated alkanes) is 26. The van der Waals surface area contributed by atoms with E-state index in [1.807, 2.05) is 37.4 Å². The van der Waals surface area contributed by atoms with Crippen molar-refractivity contribution in [3.8, 4) is 0 Å². The van der Waals surface area contributed by atoms with Gasteiger partial charge in [-0.1, -0.05) is 181 Å². The molecule has 0 saturated carbocycles. The minimum absolute atomic E-state index is 0.108. The second-order valence-electron chi connectivity index (χ2n) is 14.7. The molecular formula is C42H86O5PS2+. The Bertz CT molecular complexity index is 635. The van der Waals surface area contributed by atoms with E-state index in [-0.39, 0.29) is 24.4 Å². The van der Waals surface area contributed by atoms with Crippen LogP contribution in [0.25, 0.3) is 0 Å². The average molecular weight is 766 g/mol. The third kappa shape index (κ3) is 34.4. The third-order valence-electron chi connectivity index (χ3n) is 10.0. The van der Waals surface area contributed by atoms with E-state index < -0.39 is 8.25 Å². The van der Waals surface area contributed by atoms with Crippen LogP contribution < -0.4 is 0 Å². The Morgan fingerprint density at radius 1 is 0.420 bits per heavy atom. The predicted octanol–water partition coefficient (Wildman–Crippen LogP) is 14.9. The van der Waals surface area contributed by atoms with Crippen LogP contribution in [0.2, 0.25) is 0 Å². The SMILES string of the molecule is CCCCCCCCCCCCCCCCSC[C@@H](OC)C(C)O[P+](=O)OC(C)[C@@H](CSCCCCCCCCCCCCCCCC)OC. The summed E-state index contributed by atoms with van der Waals surface area (Å²) in [6.07, 6.45) is 38.0. The van der Waals surface area contributed by atoms with Gasteiger partial charge < -0.3 is 9.47 Å². The monoisotopic (exact) mass is 766 g/mol. The molecule has 0 bridgehead atoms. The summed E-state index contributed by atoms with van der Waals surface area (Å²) in [6.45, 7) is 8.44. The van der Waals surface area contributed by atoms with Crippen molar-refractivity contribution < 1.29 is 23.1 Å². The predicted molar refractivity (Wildman–Crippen MR) is 226 cm³/mol. The van der Waals surface area contributed by atoms with E-state index in [1.165, 1.54) is 180 Å². The Morgan fingerprint density at radius 2 is 0.660 bits per heavy atom. The fraction of sp³-hybridized carbons (Fsp3) is 1.00. The van der Waals surface area contributed by atoms with Gasteiger partial charge in [-0.25, -0.2) is 0 Å². The number of ether oxygens (including phenoxy) is 2. The van der Waals surface area contributed by atoms with E-state index in [9.17, 15) is 4.57 Å². The smallest absolute Gasteiger partial charge is 0.378 e. The summed E-state index contributed by atoms with van der Waals surface area (Å²) in [5, 5.41) is 0. The molecule has 0 N–H and O–H groups in total. The summed E-state index contributed by atoms with van der Waals surface area (Å²) in [6, 6.07) is 0. The zero-order valence-corrected chi connectivity index (χ0v) is 36.8. The maximum absolute atomic E-state index is 12.7. The first-order chi connectivity index (χ1) is 24.5. The molecule has 0 heterocycles. The maximum atomic E-state index is 12.7. The minimum Gasteiger partial charge on any atom is -0.378 e. The minimum atomic E-state index is -2.24. The van der Waals surface area contributed by atoms with Crippen LogP contribution in [0.5, 0.6) is 0 Å². The number of rotatable bonds is 42. The lowest BCUT2D eigenvalue weighted by Gasteiger charge is -2.19. The summed E-state index contributed by atoms with van der Waals surface area (Å²) >= 11 is 3.82. The second-order valence-corrected chi connectivity index (χ2v) is 17.9. The van der Waals surface area contributed by atoms with Gasteiger partial charge in [0, 0.05) is 30.3 Å². The molecule has 300 valence electrons. The third-order valence-corrected chi connectivity index (χ3v) is 13.3. The first kappa shape index (κ1) is 50.6. The zero-order valence-electron chi connectivity index (χ0n) is 34.2. The molecule has 5 nitrogen and oxygen atoms in total. The molecule has 0 saturated heterocycles. The summed E-state index contributed by atoms with van der Waals surface area (Å²) in [5.41, 5.74) is 0. The lowest BCUT2D eigenvalue weighted by Crippen LogP contribution is -2.31. The fourth-order valence-electron chi connectivity index (χ4n) is 6.42. The first-order valence-electron chi connectivity index (χ1n) is 21.5. The standard InChI is InChI=1S/C42H86O5PS2/c1-7-9-11-13-15-17-19-21-23-25-27-29-31-33-35-49-37-41(44-5)39(3)46-48(43)47-40(4)42(45-6)38-50-36-34-32-30-28-26-24-22-20-18-16-14-12-10-8-2/h39-42H,7-38H2,1-6H3/q+1/t39?,40?,41-,42-/m1/s1. The van der Waals surface area contributed by atoms with Crippen LogP contribution in [0.4, 0.5) is 0 Å². The van der Waals surface area contributed by atoms with Gasteiger partial charge >= 0.3 is 8.25 Å². The van der Waals surface area contributed by atoms with Crippen LogP contribution in [-0.2, 0) is 23.1 Å². The van der Waals surface area contributed by atoms with E-state index in [0.717, 1.165) is 23.0 Å². The van der Waals surface area contributed by atoms with Gasteiger partial charge in [0.15, 0.2) is 0 Å². The normalized spacial score (nSPS) is 14.6. The average Bonchev–Trinajstić information content (AvgIpc) is 3.10. The Morgan fingerprint density at radius 3 is 0.900 bits per heavy atom. The van der Waals surface area contributed by atoms with E-state index in [4.69, 9.17) is 18.5 Å². The topological polar surface area (TPSA) is 54.0 Å². The molecule has 8 heteroatoms. The van der Waals surface area contributed by atoms with E-state index >= 15 is 0 Å². The van der Waals surface area contributed by atoms with E-state index in [0.29, 0.717) is 0 Å². The Balaban J connectivity index is 3.80. The van der Waals surface area contributed by atoms with E-state index in [2.05, 4.69) is 13.8 Å². The van der Waals surface area contributed by atoms with Crippen LogP contribution in [-0.4, -0.2) is 61.6 Å². The number of thioether (sulfide) groups is 2. The van der Waals surface area contributed by atoms with Crippen molar-refractivity contribution in [2.75, 3.05) is 37.2 Å². The molecule has 0 aliphatic heterocycles. The highest BCUT2D eigenvalue weighted by molar-refractivity contribution is 7.99. The van der Waals surface area contributed by atoms with Gasteiger partial charge in [-0.05, 0) is 38.2 Å². The van der Waals surface area contributed by atoms with Gasteiger partial charge in [-0.15, -0.1) is 9.05 Å². The molecule has 0 rings (SSSR count). The largest absolute Gasteiger partial charge is 0.698 e. The second kappa shape index (κ2) is 40.8. The van der Waals surface area contributed by atoms with Gasteiger partial charge in [0.2, 0.25) is 0 Å². The molecule has 2 unspecified atom stereocenters. The highest BCUT2D eigenvalue weighted by Crippen LogP contribution is 2.32. The number of hydrogen-bond acceptors (Lipinski definition) is 7. The van der Waals surface area contributed by atoms with Gasteiger partial charge in [-0.3, -0.25) is 0 Å². The molecule has 0 aliphatic rings.